The van der Waals surface area contributed by atoms with E-state index in [4.69, 9.17) is 4.74 Å². The van der Waals surface area contributed by atoms with E-state index in [2.05, 4.69) is 19.9 Å². The number of pyridine rings is 1. The molecule has 0 radical (unpaired) electrons. The van der Waals surface area contributed by atoms with Gasteiger partial charge < -0.3 is 19.3 Å². The van der Waals surface area contributed by atoms with E-state index in [-0.39, 0.29) is 11.6 Å². The van der Waals surface area contributed by atoms with Crippen molar-refractivity contribution >= 4 is 44.4 Å². The summed E-state index contributed by atoms with van der Waals surface area (Å²) in [5, 5.41) is 13.8. The number of hydrogen-bond acceptors (Lipinski definition) is 7. The number of thiazole rings is 1. The molecule has 1 fully saturated rings. The largest absolute Gasteiger partial charge is 0.476 e. The van der Waals surface area contributed by atoms with E-state index in [0.717, 1.165) is 71.6 Å². The number of rotatable bonds is 7. The maximum absolute atomic E-state index is 13.4. The lowest BCUT2D eigenvalue weighted by molar-refractivity contribution is 0.0482. The highest BCUT2D eigenvalue weighted by molar-refractivity contribution is 7.22. The van der Waals surface area contributed by atoms with Crippen molar-refractivity contribution in [3.8, 4) is 11.1 Å². The number of para-hydroxylation sites is 1. The van der Waals surface area contributed by atoms with Gasteiger partial charge in [0.05, 0.1) is 16.8 Å². The Morgan fingerprint density at radius 3 is 2.77 bits per heavy atom. The summed E-state index contributed by atoms with van der Waals surface area (Å²) >= 11 is 1.44. The first-order valence-electron chi connectivity index (χ1n) is 15.0. The summed E-state index contributed by atoms with van der Waals surface area (Å²) in [6.07, 6.45) is 4.95. The van der Waals surface area contributed by atoms with Gasteiger partial charge in [-0.2, -0.15) is 0 Å². The minimum Gasteiger partial charge on any atom is -0.476 e. The van der Waals surface area contributed by atoms with E-state index in [0.29, 0.717) is 41.1 Å². The van der Waals surface area contributed by atoms with E-state index in [1.807, 2.05) is 78.7 Å². The van der Waals surface area contributed by atoms with Crippen LogP contribution in [-0.4, -0.2) is 51.3 Å². The second-order valence-corrected chi connectivity index (χ2v) is 12.5. The molecule has 1 unspecified atom stereocenters. The van der Waals surface area contributed by atoms with Gasteiger partial charge in [-0.25, -0.2) is 14.8 Å². The molecule has 2 aliphatic heterocycles. The van der Waals surface area contributed by atoms with Gasteiger partial charge in [-0.05, 0) is 73.7 Å². The third kappa shape index (κ3) is 5.46. The number of anilines is 2. The molecule has 2 aromatic carbocycles. The summed E-state index contributed by atoms with van der Waals surface area (Å²) in [7, 11) is 0. The standard InChI is InChI=1S/C34H33N5O4S/c1-21-24(14-16-38(21)18-22-6-5-17-43-20-22)25-11-12-30(36-31(25)33(41)42)39-15-13-23-7-4-8-26(27(23)19-39)32(40)37-34-35-28-9-2-3-10-29(28)44-34/h2-4,7-12,14,16,22H,5-6,13,15,17-20H2,1H3,(H,41,42)(H,35,37,40). The number of nitrogens with one attached hydrogen (secondary N) is 1. The second-order valence-electron chi connectivity index (χ2n) is 11.5. The van der Waals surface area contributed by atoms with E-state index < -0.39 is 5.97 Å². The average Bonchev–Trinajstić information content (AvgIpc) is 3.62. The molecule has 2 aliphatic rings. The quantitative estimate of drug-likeness (QED) is 0.220. The lowest BCUT2D eigenvalue weighted by Crippen LogP contribution is -2.33. The molecule has 0 spiro atoms. The monoisotopic (exact) mass is 607 g/mol. The smallest absolute Gasteiger partial charge is 0.355 e. The van der Waals surface area contributed by atoms with Crippen LogP contribution in [0, 0.1) is 12.8 Å². The molecule has 1 saturated heterocycles. The Balaban J connectivity index is 1.14. The van der Waals surface area contributed by atoms with Crippen LogP contribution >= 0.6 is 11.3 Å². The number of fused-ring (bicyclic) bond motifs is 2. The summed E-state index contributed by atoms with van der Waals surface area (Å²) < 4.78 is 8.86. The number of carboxylic acids is 1. The van der Waals surface area contributed by atoms with Crippen LogP contribution in [0.15, 0.2) is 66.9 Å². The number of hydrogen-bond donors (Lipinski definition) is 2. The molecule has 5 heterocycles. The van der Waals surface area contributed by atoms with Gasteiger partial charge in [0.1, 0.15) is 5.82 Å². The van der Waals surface area contributed by atoms with Crippen LogP contribution in [-0.2, 0) is 24.2 Å². The van der Waals surface area contributed by atoms with Crippen molar-refractivity contribution < 1.29 is 19.4 Å². The van der Waals surface area contributed by atoms with Gasteiger partial charge in [0.2, 0.25) is 0 Å². The van der Waals surface area contributed by atoms with Gasteiger partial charge in [-0.1, -0.05) is 35.6 Å². The third-order valence-corrected chi connectivity index (χ3v) is 9.63. The number of aromatic carboxylic acids is 1. The molecule has 2 N–H and O–H groups in total. The number of carbonyl (C=O) groups is 2. The van der Waals surface area contributed by atoms with Crippen LogP contribution in [0.25, 0.3) is 21.3 Å². The SMILES string of the molecule is Cc1c(-c2ccc(N3CCc4cccc(C(=O)Nc5nc6ccccc6s5)c4C3)nc2C(=O)O)ccn1CC1CCCOC1. The zero-order valence-electron chi connectivity index (χ0n) is 24.5. The fourth-order valence-electron chi connectivity index (χ4n) is 6.35. The van der Waals surface area contributed by atoms with Crippen molar-refractivity contribution in [2.24, 2.45) is 5.92 Å². The molecule has 1 atom stereocenters. The summed E-state index contributed by atoms with van der Waals surface area (Å²) in [5.74, 6) is -0.244. The van der Waals surface area contributed by atoms with Gasteiger partial charge in [0.15, 0.2) is 10.8 Å². The van der Waals surface area contributed by atoms with Crippen LogP contribution in [0.3, 0.4) is 0 Å². The van der Waals surface area contributed by atoms with Crippen LogP contribution < -0.4 is 10.2 Å². The zero-order chi connectivity index (χ0) is 30.2. The summed E-state index contributed by atoms with van der Waals surface area (Å²) in [4.78, 5) is 37.2. The van der Waals surface area contributed by atoms with Gasteiger partial charge in [-0.3, -0.25) is 10.1 Å². The highest BCUT2D eigenvalue weighted by Crippen LogP contribution is 2.33. The van der Waals surface area contributed by atoms with Crippen LogP contribution in [0.4, 0.5) is 10.9 Å². The first-order chi connectivity index (χ1) is 21.4. The Morgan fingerprint density at radius 2 is 1.95 bits per heavy atom. The molecule has 0 bridgehead atoms. The number of amides is 1. The number of carbonyl (C=O) groups excluding carboxylic acids is 1. The molecule has 224 valence electrons. The minimum atomic E-state index is -1.07. The predicted octanol–water partition coefficient (Wildman–Crippen LogP) is 6.41. The van der Waals surface area contributed by atoms with Crippen LogP contribution in [0.1, 0.15) is 50.5 Å². The zero-order valence-corrected chi connectivity index (χ0v) is 25.3. The fourth-order valence-corrected chi connectivity index (χ4v) is 7.21. The second kappa shape index (κ2) is 11.9. The van der Waals surface area contributed by atoms with Crippen molar-refractivity contribution in [1.82, 2.24) is 14.5 Å². The van der Waals surface area contributed by atoms with Crippen molar-refractivity contribution in [1.29, 1.82) is 0 Å². The highest BCUT2D eigenvalue weighted by atomic mass is 32.1. The van der Waals surface area contributed by atoms with E-state index >= 15 is 0 Å². The number of ether oxygens (including phenoxy) is 1. The lowest BCUT2D eigenvalue weighted by Gasteiger charge is -2.31. The van der Waals surface area contributed by atoms with Crippen molar-refractivity contribution in [3.63, 3.8) is 0 Å². The maximum atomic E-state index is 13.4. The van der Waals surface area contributed by atoms with Crippen molar-refractivity contribution in [3.05, 3.63) is 94.9 Å². The van der Waals surface area contributed by atoms with Gasteiger partial charge >= 0.3 is 5.97 Å². The predicted molar refractivity (Wildman–Crippen MR) is 172 cm³/mol. The van der Waals surface area contributed by atoms with Crippen LogP contribution in [0.2, 0.25) is 0 Å². The van der Waals surface area contributed by atoms with Gasteiger partial charge in [0, 0.05) is 60.7 Å². The Kier molecular flexibility index (Phi) is 7.61. The van der Waals surface area contributed by atoms with E-state index in [9.17, 15) is 14.7 Å². The first kappa shape index (κ1) is 28.2. The van der Waals surface area contributed by atoms with Gasteiger partial charge in [0.25, 0.3) is 5.91 Å². The van der Waals surface area contributed by atoms with Gasteiger partial charge in [-0.15, -0.1) is 0 Å². The number of aromatic nitrogens is 3. The lowest BCUT2D eigenvalue weighted by atomic mass is 9.94. The molecule has 3 aromatic heterocycles. The van der Waals surface area contributed by atoms with E-state index in [1.165, 1.54) is 11.3 Å². The molecule has 0 saturated carbocycles. The Hall–Kier alpha value is -4.54. The first-order valence-corrected chi connectivity index (χ1v) is 15.8. The Bertz CT molecular complexity index is 1840. The average molecular weight is 608 g/mol. The highest BCUT2D eigenvalue weighted by Gasteiger charge is 2.26. The topological polar surface area (TPSA) is 110 Å². The molecule has 44 heavy (non-hydrogen) atoms. The van der Waals surface area contributed by atoms with E-state index in [1.54, 1.807) is 0 Å². The molecule has 10 heteroatoms. The molecule has 9 nitrogen and oxygen atoms in total. The molecule has 0 aliphatic carbocycles. The Labute approximate surface area is 259 Å². The molecular formula is C34H33N5O4S. The maximum Gasteiger partial charge on any atom is 0.355 e. The number of nitrogens with zero attached hydrogens (tertiary/aromatic N) is 4. The molecule has 7 rings (SSSR count). The summed E-state index contributed by atoms with van der Waals surface area (Å²) in [6, 6.07) is 19.3. The van der Waals surface area contributed by atoms with Crippen LogP contribution in [0.5, 0.6) is 0 Å². The van der Waals surface area contributed by atoms with Crippen molar-refractivity contribution in [2.45, 2.75) is 39.3 Å². The summed E-state index contributed by atoms with van der Waals surface area (Å²) in [5.41, 5.74) is 5.97. The normalized spacial score (nSPS) is 16.6. The number of benzene rings is 2. The fraction of sp³-hybridized carbons (Fsp3) is 0.294. The minimum absolute atomic E-state index is 0.0250. The van der Waals surface area contributed by atoms with Crippen molar-refractivity contribution in [2.75, 3.05) is 30.0 Å². The Morgan fingerprint density at radius 1 is 1.07 bits per heavy atom. The molecule has 1 amide bonds. The molecule has 5 aromatic rings. The number of carboxylic acid groups (broad SMARTS) is 1. The third-order valence-electron chi connectivity index (χ3n) is 8.68. The summed E-state index contributed by atoms with van der Waals surface area (Å²) in [6.45, 7) is 5.58. The molecular weight excluding hydrogens is 574 g/mol.